The molecule has 0 saturated heterocycles. The van der Waals surface area contributed by atoms with Crippen molar-refractivity contribution in [3.63, 3.8) is 0 Å². The van der Waals surface area contributed by atoms with Gasteiger partial charge in [0.15, 0.2) is 6.61 Å². The van der Waals surface area contributed by atoms with Crippen molar-refractivity contribution in [1.82, 2.24) is 0 Å². The van der Waals surface area contributed by atoms with E-state index in [9.17, 15) is 22.4 Å². The maximum Gasteiger partial charge on any atom is 0.422 e. The van der Waals surface area contributed by atoms with Gasteiger partial charge < -0.3 is 9.84 Å². The number of carbonyl (C=O) groups is 1. The lowest BCUT2D eigenvalue weighted by Crippen LogP contribution is -2.19. The summed E-state index contributed by atoms with van der Waals surface area (Å²) in [6, 6.07) is 8.60. The highest BCUT2D eigenvalue weighted by atomic mass is 19.4. The molecule has 0 aliphatic heterocycles. The van der Waals surface area contributed by atoms with Crippen LogP contribution in [0.4, 0.5) is 17.6 Å². The van der Waals surface area contributed by atoms with Gasteiger partial charge in [0.05, 0.1) is 5.56 Å². The zero-order valence-corrected chi connectivity index (χ0v) is 11.0. The van der Waals surface area contributed by atoms with Crippen LogP contribution in [-0.4, -0.2) is 23.9 Å². The topological polar surface area (TPSA) is 46.5 Å². The highest BCUT2D eigenvalue weighted by molar-refractivity contribution is 5.90. The molecule has 2 aromatic rings. The van der Waals surface area contributed by atoms with Gasteiger partial charge in [-0.05, 0) is 24.3 Å². The van der Waals surface area contributed by atoms with Gasteiger partial charge in [0, 0.05) is 11.1 Å². The molecule has 0 radical (unpaired) electrons. The molecule has 7 heteroatoms. The zero-order valence-electron chi connectivity index (χ0n) is 11.0. The highest BCUT2D eigenvalue weighted by Crippen LogP contribution is 2.33. The first-order valence-electron chi connectivity index (χ1n) is 6.10. The Bertz CT molecular complexity index is 695. The van der Waals surface area contributed by atoms with Crippen LogP contribution in [0.3, 0.4) is 0 Å². The van der Waals surface area contributed by atoms with E-state index in [0.29, 0.717) is 0 Å². The molecule has 0 aliphatic carbocycles. The SMILES string of the molecule is O=C(O)c1ccc(F)c(-c2ccccc2OCC(F)(F)F)c1. The molecule has 0 saturated carbocycles. The molecule has 2 aromatic carbocycles. The van der Waals surface area contributed by atoms with Crippen LogP contribution in [-0.2, 0) is 0 Å². The van der Waals surface area contributed by atoms with Crippen molar-refractivity contribution >= 4 is 5.97 Å². The van der Waals surface area contributed by atoms with Gasteiger partial charge in [-0.15, -0.1) is 0 Å². The number of benzene rings is 2. The van der Waals surface area contributed by atoms with Crippen molar-refractivity contribution in [2.75, 3.05) is 6.61 Å². The zero-order chi connectivity index (χ0) is 16.3. The van der Waals surface area contributed by atoms with Gasteiger partial charge in [-0.3, -0.25) is 0 Å². The van der Waals surface area contributed by atoms with Crippen molar-refractivity contribution in [2.24, 2.45) is 0 Å². The summed E-state index contributed by atoms with van der Waals surface area (Å²) in [4.78, 5) is 10.9. The molecule has 116 valence electrons. The standard InChI is InChI=1S/C15H10F4O3/c16-12-6-5-9(14(20)21)7-11(12)10-3-1-2-4-13(10)22-8-15(17,18)19/h1-7H,8H2,(H,20,21). The van der Waals surface area contributed by atoms with Crippen molar-refractivity contribution < 1.29 is 32.2 Å². The number of carboxylic acid groups (broad SMARTS) is 1. The van der Waals surface area contributed by atoms with Gasteiger partial charge in [-0.2, -0.15) is 13.2 Å². The van der Waals surface area contributed by atoms with E-state index in [-0.39, 0.29) is 22.4 Å². The molecule has 0 amide bonds. The summed E-state index contributed by atoms with van der Waals surface area (Å²) in [5.41, 5.74) is -0.271. The Balaban J connectivity index is 2.45. The monoisotopic (exact) mass is 314 g/mol. The number of hydrogen-bond acceptors (Lipinski definition) is 2. The van der Waals surface area contributed by atoms with Crippen LogP contribution >= 0.6 is 0 Å². The largest absolute Gasteiger partial charge is 0.483 e. The number of alkyl halides is 3. The van der Waals surface area contributed by atoms with Crippen molar-refractivity contribution in [3.05, 3.63) is 53.8 Å². The second kappa shape index (κ2) is 6.05. The van der Waals surface area contributed by atoms with Crippen molar-refractivity contribution in [2.45, 2.75) is 6.18 Å². The lowest BCUT2D eigenvalue weighted by Gasteiger charge is -2.14. The molecule has 0 unspecified atom stereocenters. The Morgan fingerprint density at radius 1 is 1.09 bits per heavy atom. The second-order valence-corrected chi connectivity index (χ2v) is 4.40. The minimum atomic E-state index is -4.53. The van der Waals surface area contributed by atoms with E-state index in [4.69, 9.17) is 5.11 Å². The molecule has 0 aromatic heterocycles. The number of hydrogen-bond donors (Lipinski definition) is 1. The summed E-state index contributed by atoms with van der Waals surface area (Å²) < 4.78 is 55.3. The fourth-order valence-electron chi connectivity index (χ4n) is 1.84. The minimum Gasteiger partial charge on any atom is -0.483 e. The predicted molar refractivity (Wildman–Crippen MR) is 70.3 cm³/mol. The first-order chi connectivity index (χ1) is 10.3. The summed E-state index contributed by atoms with van der Waals surface area (Å²) in [6.45, 7) is -1.52. The van der Waals surface area contributed by atoms with Gasteiger partial charge in [0.1, 0.15) is 11.6 Å². The maximum absolute atomic E-state index is 13.9. The number of halogens is 4. The first-order valence-corrected chi connectivity index (χ1v) is 6.10. The molecule has 1 N–H and O–H groups in total. The average molecular weight is 314 g/mol. The number of para-hydroxylation sites is 1. The number of ether oxygens (including phenoxy) is 1. The Morgan fingerprint density at radius 3 is 2.41 bits per heavy atom. The van der Waals surface area contributed by atoms with Crippen LogP contribution in [0.2, 0.25) is 0 Å². The average Bonchev–Trinajstić information content (AvgIpc) is 2.45. The number of carboxylic acids is 1. The summed E-state index contributed by atoms with van der Waals surface area (Å²) >= 11 is 0. The molecule has 0 bridgehead atoms. The number of aromatic carboxylic acids is 1. The Labute approximate surface area is 122 Å². The molecule has 0 aliphatic rings. The molecule has 3 nitrogen and oxygen atoms in total. The molecule has 0 heterocycles. The minimum absolute atomic E-state index is 0.0485. The first kappa shape index (κ1) is 15.8. The van der Waals surface area contributed by atoms with E-state index >= 15 is 0 Å². The van der Waals surface area contributed by atoms with E-state index in [2.05, 4.69) is 4.74 Å². The molecule has 2 rings (SSSR count). The molecular weight excluding hydrogens is 304 g/mol. The maximum atomic E-state index is 13.9. The summed E-state index contributed by atoms with van der Waals surface area (Å²) in [6.07, 6.45) is -4.53. The Kier molecular flexibility index (Phi) is 4.35. The van der Waals surface area contributed by atoms with Gasteiger partial charge in [-0.25, -0.2) is 9.18 Å². The van der Waals surface area contributed by atoms with Gasteiger partial charge >= 0.3 is 12.1 Å². The van der Waals surface area contributed by atoms with Crippen LogP contribution in [0.5, 0.6) is 5.75 Å². The summed E-state index contributed by atoms with van der Waals surface area (Å²) in [7, 11) is 0. The fourth-order valence-corrected chi connectivity index (χ4v) is 1.84. The van der Waals surface area contributed by atoms with E-state index in [1.54, 1.807) is 0 Å². The second-order valence-electron chi connectivity index (χ2n) is 4.40. The lowest BCUT2D eigenvalue weighted by atomic mass is 10.0. The normalized spacial score (nSPS) is 11.3. The van der Waals surface area contributed by atoms with E-state index in [1.807, 2.05) is 0 Å². The van der Waals surface area contributed by atoms with Crippen LogP contribution in [0.1, 0.15) is 10.4 Å². The van der Waals surface area contributed by atoms with E-state index < -0.39 is 24.6 Å². The van der Waals surface area contributed by atoms with Crippen molar-refractivity contribution in [1.29, 1.82) is 0 Å². The third-order valence-corrected chi connectivity index (χ3v) is 2.78. The van der Waals surface area contributed by atoms with Crippen molar-refractivity contribution in [3.8, 4) is 16.9 Å². The van der Waals surface area contributed by atoms with Gasteiger partial charge in [0.25, 0.3) is 0 Å². The Hall–Kier alpha value is -2.57. The van der Waals surface area contributed by atoms with E-state index in [1.165, 1.54) is 24.3 Å². The fraction of sp³-hybridized carbons (Fsp3) is 0.133. The molecule has 0 fully saturated rings. The smallest absolute Gasteiger partial charge is 0.422 e. The van der Waals surface area contributed by atoms with Gasteiger partial charge in [0.2, 0.25) is 0 Å². The van der Waals surface area contributed by atoms with Crippen LogP contribution in [0.25, 0.3) is 11.1 Å². The van der Waals surface area contributed by atoms with Crippen LogP contribution in [0, 0.1) is 5.82 Å². The summed E-state index contributed by atoms with van der Waals surface area (Å²) in [5.74, 6) is -2.20. The van der Waals surface area contributed by atoms with E-state index in [0.717, 1.165) is 18.2 Å². The van der Waals surface area contributed by atoms with Crippen LogP contribution in [0.15, 0.2) is 42.5 Å². The molecule has 0 spiro atoms. The third kappa shape index (κ3) is 3.75. The molecule has 22 heavy (non-hydrogen) atoms. The Morgan fingerprint density at radius 2 is 1.77 bits per heavy atom. The molecule has 0 atom stereocenters. The third-order valence-electron chi connectivity index (χ3n) is 2.78. The lowest BCUT2D eigenvalue weighted by molar-refractivity contribution is -0.153. The predicted octanol–water partition coefficient (Wildman–Crippen LogP) is 4.13. The quantitative estimate of drug-likeness (QED) is 0.863. The van der Waals surface area contributed by atoms with Gasteiger partial charge in [-0.1, -0.05) is 18.2 Å². The van der Waals surface area contributed by atoms with Crippen LogP contribution < -0.4 is 4.74 Å². The highest BCUT2D eigenvalue weighted by Gasteiger charge is 2.29. The number of rotatable bonds is 4. The summed E-state index contributed by atoms with van der Waals surface area (Å²) in [5, 5.41) is 8.92. The molecular formula is C15H10F4O3.